The quantitative estimate of drug-likeness (QED) is 0.413. The second-order valence-electron chi connectivity index (χ2n) is 2.45. The molecule has 0 saturated carbocycles. The van der Waals surface area contributed by atoms with Gasteiger partial charge in [-0.25, -0.2) is 4.79 Å². The molecule has 0 aromatic heterocycles. The van der Waals surface area contributed by atoms with E-state index >= 15 is 0 Å². The first-order valence-electron chi connectivity index (χ1n) is 4.31. The first kappa shape index (κ1) is 12.3. The highest BCUT2D eigenvalue weighted by Gasteiger charge is 2.11. The van der Waals surface area contributed by atoms with Crippen molar-refractivity contribution in [1.82, 2.24) is 0 Å². The van der Waals surface area contributed by atoms with Crippen LogP contribution in [0, 0.1) is 0 Å². The average molecular weight is 207 g/mol. The monoisotopic (exact) mass is 206 g/mol. The molecule has 76 valence electrons. The molecule has 0 saturated heterocycles. The predicted molar refractivity (Wildman–Crippen MR) is 51.9 cm³/mol. The summed E-state index contributed by atoms with van der Waals surface area (Å²) in [6, 6.07) is 0. The van der Waals surface area contributed by atoms with Gasteiger partial charge in [0, 0.05) is 6.42 Å². The second-order valence-corrected chi connectivity index (χ2v) is 2.83. The van der Waals surface area contributed by atoms with Crippen molar-refractivity contribution in [3.8, 4) is 0 Å². The maximum atomic E-state index is 10.7. The van der Waals surface area contributed by atoms with Gasteiger partial charge in [-0.2, -0.15) is 0 Å². The smallest absolute Gasteiger partial charge is 0.334 e. The Balaban J connectivity index is 4.51. The van der Waals surface area contributed by atoms with Gasteiger partial charge in [-0.3, -0.25) is 0 Å². The lowest BCUT2D eigenvalue weighted by Gasteiger charge is -2.10. The highest BCUT2D eigenvalue weighted by atomic mass is 35.5. The number of carbonyl (C=O) groups is 1. The minimum Gasteiger partial charge on any atom is -0.496 e. The maximum Gasteiger partial charge on any atom is 0.334 e. The molecule has 1 N–H and O–H groups in total. The summed E-state index contributed by atoms with van der Waals surface area (Å²) in [5.41, 5.74) is 0.340. The first-order valence-corrected chi connectivity index (χ1v) is 4.84. The zero-order valence-corrected chi connectivity index (χ0v) is 8.73. The number of ether oxygens (including phenoxy) is 1. The fourth-order valence-electron chi connectivity index (χ4n) is 1.03. The molecule has 0 bridgehead atoms. The SMILES string of the molecule is CCC(OCCCl)=C(CC)C(=O)O. The van der Waals surface area contributed by atoms with E-state index in [0.29, 0.717) is 36.7 Å². The topological polar surface area (TPSA) is 46.5 Å². The molecule has 0 spiro atoms. The number of alkyl halides is 1. The van der Waals surface area contributed by atoms with E-state index in [4.69, 9.17) is 21.4 Å². The van der Waals surface area contributed by atoms with Crippen molar-refractivity contribution in [3.05, 3.63) is 11.3 Å². The second kappa shape index (κ2) is 6.78. The van der Waals surface area contributed by atoms with Crippen LogP contribution >= 0.6 is 11.6 Å². The molecule has 0 rings (SSSR count). The molecule has 0 heterocycles. The molecule has 0 atom stereocenters. The summed E-state index contributed by atoms with van der Waals surface area (Å²) in [4.78, 5) is 10.7. The lowest BCUT2D eigenvalue weighted by molar-refractivity contribution is -0.133. The molecule has 0 aliphatic heterocycles. The Kier molecular flexibility index (Phi) is 6.41. The number of aliphatic carboxylic acids is 1. The van der Waals surface area contributed by atoms with Crippen molar-refractivity contribution in [1.29, 1.82) is 0 Å². The molecule has 13 heavy (non-hydrogen) atoms. The summed E-state index contributed by atoms with van der Waals surface area (Å²) in [7, 11) is 0. The molecule has 0 fully saturated rings. The van der Waals surface area contributed by atoms with Crippen LogP contribution in [0.2, 0.25) is 0 Å². The Bertz CT molecular complexity index is 199. The summed E-state index contributed by atoms with van der Waals surface area (Å²) in [6.45, 7) is 4.02. The molecule has 4 heteroatoms. The van der Waals surface area contributed by atoms with Crippen molar-refractivity contribution >= 4 is 17.6 Å². The van der Waals surface area contributed by atoms with Gasteiger partial charge < -0.3 is 9.84 Å². The lowest BCUT2D eigenvalue weighted by atomic mass is 10.1. The average Bonchev–Trinajstić information content (AvgIpc) is 2.11. The van der Waals surface area contributed by atoms with Crippen LogP contribution in [0.25, 0.3) is 0 Å². The van der Waals surface area contributed by atoms with Gasteiger partial charge >= 0.3 is 5.97 Å². The van der Waals surface area contributed by atoms with E-state index in [1.165, 1.54) is 0 Å². The van der Waals surface area contributed by atoms with E-state index in [0.717, 1.165) is 0 Å². The zero-order chi connectivity index (χ0) is 10.3. The van der Waals surface area contributed by atoms with E-state index in [9.17, 15) is 4.79 Å². The number of hydrogen-bond donors (Lipinski definition) is 1. The van der Waals surface area contributed by atoms with Crippen molar-refractivity contribution in [2.75, 3.05) is 12.5 Å². The molecule has 0 radical (unpaired) electrons. The van der Waals surface area contributed by atoms with Gasteiger partial charge in [-0.05, 0) is 6.42 Å². The van der Waals surface area contributed by atoms with Crippen LogP contribution in [-0.2, 0) is 9.53 Å². The maximum absolute atomic E-state index is 10.7. The van der Waals surface area contributed by atoms with Gasteiger partial charge in [-0.1, -0.05) is 13.8 Å². The zero-order valence-electron chi connectivity index (χ0n) is 7.97. The summed E-state index contributed by atoms with van der Waals surface area (Å²) < 4.78 is 5.22. The third-order valence-corrected chi connectivity index (χ3v) is 1.78. The Morgan fingerprint density at radius 1 is 1.38 bits per heavy atom. The van der Waals surface area contributed by atoms with Gasteiger partial charge in [0.1, 0.15) is 12.4 Å². The Morgan fingerprint density at radius 3 is 2.31 bits per heavy atom. The summed E-state index contributed by atoms with van der Waals surface area (Å²) in [6.07, 6.45) is 1.06. The molecular weight excluding hydrogens is 192 g/mol. The Hall–Kier alpha value is -0.700. The molecule has 0 aliphatic carbocycles. The molecular formula is C9H15ClO3. The van der Waals surface area contributed by atoms with E-state index in [2.05, 4.69) is 0 Å². The molecule has 0 aliphatic rings. The minimum atomic E-state index is -0.908. The Labute approximate surface area is 83.3 Å². The van der Waals surface area contributed by atoms with Crippen LogP contribution in [0.5, 0.6) is 0 Å². The standard InChI is InChI=1S/C9H15ClO3/c1-3-7(9(11)12)8(4-2)13-6-5-10/h3-6H2,1-2H3,(H,11,12). The number of carboxylic acid groups (broad SMARTS) is 1. The van der Waals surface area contributed by atoms with Crippen LogP contribution in [0.3, 0.4) is 0 Å². The van der Waals surface area contributed by atoms with Crippen molar-refractivity contribution < 1.29 is 14.6 Å². The van der Waals surface area contributed by atoms with E-state index in [1.54, 1.807) is 6.92 Å². The van der Waals surface area contributed by atoms with Crippen LogP contribution in [0.4, 0.5) is 0 Å². The fourth-order valence-corrected chi connectivity index (χ4v) is 1.11. The third kappa shape index (κ3) is 4.18. The largest absolute Gasteiger partial charge is 0.496 e. The van der Waals surface area contributed by atoms with Gasteiger partial charge in [-0.15, -0.1) is 11.6 Å². The van der Waals surface area contributed by atoms with Crippen LogP contribution in [0.15, 0.2) is 11.3 Å². The number of allylic oxidation sites excluding steroid dienone is 1. The number of carboxylic acids is 1. The van der Waals surface area contributed by atoms with Crippen LogP contribution < -0.4 is 0 Å². The molecule has 0 aromatic rings. The van der Waals surface area contributed by atoms with Gasteiger partial charge in [0.05, 0.1) is 11.5 Å². The number of halogens is 1. The van der Waals surface area contributed by atoms with Crippen LogP contribution in [-0.4, -0.2) is 23.6 Å². The predicted octanol–water partition coefficient (Wildman–Crippen LogP) is 2.40. The summed E-state index contributed by atoms with van der Waals surface area (Å²) in [5.74, 6) is 0.00435. The Morgan fingerprint density at radius 2 is 2.00 bits per heavy atom. The number of rotatable bonds is 6. The highest BCUT2D eigenvalue weighted by Crippen LogP contribution is 2.14. The lowest BCUT2D eigenvalue weighted by Crippen LogP contribution is -2.07. The molecule has 3 nitrogen and oxygen atoms in total. The van der Waals surface area contributed by atoms with Crippen LogP contribution in [0.1, 0.15) is 26.7 Å². The van der Waals surface area contributed by atoms with E-state index in [-0.39, 0.29) is 0 Å². The number of hydrogen-bond acceptors (Lipinski definition) is 2. The summed E-state index contributed by atoms with van der Waals surface area (Å²) in [5, 5.41) is 8.80. The third-order valence-electron chi connectivity index (χ3n) is 1.62. The van der Waals surface area contributed by atoms with E-state index < -0.39 is 5.97 Å². The minimum absolute atomic E-state index is 0.340. The van der Waals surface area contributed by atoms with Gasteiger partial charge in [0.15, 0.2) is 0 Å². The summed E-state index contributed by atoms with van der Waals surface area (Å²) >= 11 is 5.44. The van der Waals surface area contributed by atoms with Gasteiger partial charge in [0.25, 0.3) is 0 Å². The van der Waals surface area contributed by atoms with Gasteiger partial charge in [0.2, 0.25) is 0 Å². The highest BCUT2D eigenvalue weighted by molar-refractivity contribution is 6.17. The molecule has 0 aromatic carbocycles. The normalized spacial score (nSPS) is 12.2. The van der Waals surface area contributed by atoms with E-state index in [1.807, 2.05) is 6.92 Å². The molecule has 0 unspecified atom stereocenters. The first-order chi connectivity index (χ1) is 6.17. The van der Waals surface area contributed by atoms with Crippen molar-refractivity contribution in [2.45, 2.75) is 26.7 Å². The van der Waals surface area contributed by atoms with Crippen molar-refractivity contribution in [3.63, 3.8) is 0 Å². The fraction of sp³-hybridized carbons (Fsp3) is 0.667. The van der Waals surface area contributed by atoms with Crippen molar-refractivity contribution in [2.24, 2.45) is 0 Å². The molecule has 0 amide bonds.